The Hall–Kier alpha value is -2.86. The third-order valence-corrected chi connectivity index (χ3v) is 5.52. The first-order valence-electron chi connectivity index (χ1n) is 10.1. The van der Waals surface area contributed by atoms with Gasteiger partial charge in [0.05, 0.1) is 34.0 Å². The van der Waals surface area contributed by atoms with E-state index in [2.05, 4.69) is 15.7 Å². The fourth-order valence-electron chi connectivity index (χ4n) is 3.28. The smallest absolute Gasteiger partial charge is 0.257 e. The summed E-state index contributed by atoms with van der Waals surface area (Å²) in [5.41, 5.74) is 2.41. The molecule has 0 bridgehead atoms. The van der Waals surface area contributed by atoms with Crippen molar-refractivity contribution >= 4 is 40.0 Å². The molecule has 30 heavy (non-hydrogen) atoms. The highest BCUT2D eigenvalue weighted by atomic mass is 35.5. The Labute approximate surface area is 180 Å². The lowest BCUT2D eigenvalue weighted by Crippen LogP contribution is -2.34. The Morgan fingerprint density at radius 1 is 1.20 bits per heavy atom. The molecule has 2 aromatic carbocycles. The van der Waals surface area contributed by atoms with Crippen LogP contribution in [0.3, 0.4) is 0 Å². The molecule has 7 heteroatoms. The SMILES string of the molecule is CC(C)(C)C(=O)NCc1ccc(Cl)c(C(=O)Nc2cccc3c2cnn3C2CC2)c1. The highest BCUT2D eigenvalue weighted by Crippen LogP contribution is 2.37. The third kappa shape index (κ3) is 4.19. The molecule has 0 atom stereocenters. The number of nitrogens with one attached hydrogen (secondary N) is 2. The van der Waals surface area contributed by atoms with E-state index >= 15 is 0 Å². The first-order chi connectivity index (χ1) is 14.2. The van der Waals surface area contributed by atoms with Crippen molar-refractivity contribution < 1.29 is 9.59 Å². The fraction of sp³-hybridized carbons (Fsp3) is 0.348. The van der Waals surface area contributed by atoms with E-state index in [0.717, 1.165) is 29.3 Å². The molecule has 0 radical (unpaired) electrons. The Morgan fingerprint density at radius 3 is 2.67 bits per heavy atom. The third-order valence-electron chi connectivity index (χ3n) is 5.19. The minimum Gasteiger partial charge on any atom is -0.352 e. The normalized spacial score (nSPS) is 14.0. The zero-order chi connectivity index (χ0) is 21.5. The van der Waals surface area contributed by atoms with Crippen molar-refractivity contribution in [3.8, 4) is 0 Å². The maximum atomic E-state index is 13.0. The maximum absolute atomic E-state index is 13.0. The van der Waals surface area contributed by atoms with Gasteiger partial charge in [0.15, 0.2) is 0 Å². The molecule has 1 fully saturated rings. The zero-order valence-electron chi connectivity index (χ0n) is 17.3. The molecule has 2 N–H and O–H groups in total. The van der Waals surface area contributed by atoms with Gasteiger partial charge in [-0.05, 0) is 42.7 Å². The first kappa shape index (κ1) is 20.4. The number of nitrogens with zero attached hydrogens (tertiary/aromatic N) is 2. The lowest BCUT2D eigenvalue weighted by Gasteiger charge is -2.18. The van der Waals surface area contributed by atoms with Crippen molar-refractivity contribution in [3.63, 3.8) is 0 Å². The van der Waals surface area contributed by atoms with Gasteiger partial charge in [-0.2, -0.15) is 5.10 Å². The summed E-state index contributed by atoms with van der Waals surface area (Å²) in [5.74, 6) is -0.349. The van der Waals surface area contributed by atoms with Gasteiger partial charge in [0.25, 0.3) is 5.91 Å². The molecule has 1 heterocycles. The van der Waals surface area contributed by atoms with E-state index in [4.69, 9.17) is 11.6 Å². The molecule has 0 spiro atoms. The molecule has 1 aromatic heterocycles. The van der Waals surface area contributed by atoms with Crippen molar-refractivity contribution in [2.45, 2.75) is 46.2 Å². The number of anilines is 1. The van der Waals surface area contributed by atoms with E-state index in [0.29, 0.717) is 28.9 Å². The van der Waals surface area contributed by atoms with Crippen molar-refractivity contribution in [2.75, 3.05) is 5.32 Å². The topological polar surface area (TPSA) is 76.0 Å². The van der Waals surface area contributed by atoms with E-state index < -0.39 is 5.41 Å². The number of hydrogen-bond acceptors (Lipinski definition) is 3. The van der Waals surface area contributed by atoms with Crippen LogP contribution in [-0.4, -0.2) is 21.6 Å². The summed E-state index contributed by atoms with van der Waals surface area (Å²) in [6.07, 6.45) is 4.08. The summed E-state index contributed by atoms with van der Waals surface area (Å²) >= 11 is 6.30. The average molecular weight is 425 g/mol. The monoisotopic (exact) mass is 424 g/mol. The Kier molecular flexibility index (Phi) is 5.28. The summed E-state index contributed by atoms with van der Waals surface area (Å²) in [6, 6.07) is 11.5. The Balaban J connectivity index is 1.54. The van der Waals surface area contributed by atoms with E-state index in [9.17, 15) is 9.59 Å². The van der Waals surface area contributed by atoms with Gasteiger partial charge in [-0.15, -0.1) is 0 Å². The van der Waals surface area contributed by atoms with Crippen LogP contribution < -0.4 is 10.6 Å². The molecule has 2 amide bonds. The minimum atomic E-state index is -0.476. The predicted octanol–water partition coefficient (Wildman–Crippen LogP) is 4.94. The fourth-order valence-corrected chi connectivity index (χ4v) is 3.49. The number of aromatic nitrogens is 2. The van der Waals surface area contributed by atoms with Crippen LogP contribution in [0.2, 0.25) is 5.02 Å². The average Bonchev–Trinajstić information content (AvgIpc) is 3.45. The number of rotatable bonds is 5. The molecule has 0 saturated heterocycles. The first-order valence-corrected chi connectivity index (χ1v) is 10.5. The molecule has 6 nitrogen and oxygen atoms in total. The standard InChI is InChI=1S/C23H25ClN4O2/c1-23(2,3)22(30)25-12-14-7-10-18(24)16(11-14)21(29)27-19-5-4-6-20-17(19)13-26-28(20)15-8-9-15/h4-7,10-11,13,15H,8-9,12H2,1-3H3,(H,25,30)(H,27,29). The summed E-state index contributed by atoms with van der Waals surface area (Å²) in [4.78, 5) is 25.1. The van der Waals surface area contributed by atoms with Crippen LogP contribution in [0.15, 0.2) is 42.6 Å². The number of carbonyl (C=O) groups excluding carboxylic acids is 2. The second-order valence-corrected chi connectivity index (χ2v) is 9.17. The largest absolute Gasteiger partial charge is 0.352 e. The highest BCUT2D eigenvalue weighted by molar-refractivity contribution is 6.34. The lowest BCUT2D eigenvalue weighted by atomic mass is 9.95. The highest BCUT2D eigenvalue weighted by Gasteiger charge is 2.26. The van der Waals surface area contributed by atoms with E-state index in [1.165, 1.54) is 0 Å². The van der Waals surface area contributed by atoms with Crippen molar-refractivity contribution in [1.82, 2.24) is 15.1 Å². The van der Waals surface area contributed by atoms with E-state index in [1.807, 2.05) is 49.7 Å². The van der Waals surface area contributed by atoms with Crippen molar-refractivity contribution in [3.05, 3.63) is 58.7 Å². The van der Waals surface area contributed by atoms with Gasteiger partial charge in [-0.1, -0.05) is 44.5 Å². The zero-order valence-corrected chi connectivity index (χ0v) is 18.1. The van der Waals surface area contributed by atoms with Gasteiger partial charge in [0, 0.05) is 17.3 Å². The molecular weight excluding hydrogens is 400 g/mol. The molecule has 1 aliphatic carbocycles. The van der Waals surface area contributed by atoms with Gasteiger partial charge in [0.2, 0.25) is 5.91 Å². The Morgan fingerprint density at radius 2 is 1.97 bits per heavy atom. The van der Waals surface area contributed by atoms with Gasteiger partial charge < -0.3 is 10.6 Å². The quantitative estimate of drug-likeness (QED) is 0.609. The second kappa shape index (κ2) is 7.76. The number of fused-ring (bicyclic) bond motifs is 1. The maximum Gasteiger partial charge on any atom is 0.257 e. The van der Waals surface area contributed by atoms with Crippen LogP contribution in [0.4, 0.5) is 5.69 Å². The number of carbonyl (C=O) groups is 2. The van der Waals surface area contributed by atoms with Crippen LogP contribution in [0.25, 0.3) is 10.9 Å². The molecule has 0 unspecified atom stereocenters. The molecule has 156 valence electrons. The van der Waals surface area contributed by atoms with Gasteiger partial charge in [-0.3, -0.25) is 14.3 Å². The van der Waals surface area contributed by atoms with Crippen molar-refractivity contribution in [1.29, 1.82) is 0 Å². The molecule has 1 aliphatic rings. The summed E-state index contributed by atoms with van der Waals surface area (Å²) in [7, 11) is 0. The number of halogens is 1. The van der Waals surface area contributed by atoms with Crippen LogP contribution in [0.5, 0.6) is 0 Å². The Bertz CT molecular complexity index is 1130. The van der Waals surface area contributed by atoms with Crippen LogP contribution in [0, 0.1) is 5.41 Å². The van der Waals surface area contributed by atoms with Crippen LogP contribution >= 0.6 is 11.6 Å². The minimum absolute atomic E-state index is 0.0530. The second-order valence-electron chi connectivity index (χ2n) is 8.76. The van der Waals surface area contributed by atoms with Crippen molar-refractivity contribution in [2.24, 2.45) is 5.41 Å². The summed E-state index contributed by atoms with van der Waals surface area (Å²) in [6.45, 7) is 5.90. The lowest BCUT2D eigenvalue weighted by molar-refractivity contribution is -0.128. The molecule has 1 saturated carbocycles. The molecule has 4 rings (SSSR count). The van der Waals surface area contributed by atoms with E-state index in [-0.39, 0.29) is 11.8 Å². The summed E-state index contributed by atoms with van der Waals surface area (Å²) < 4.78 is 2.02. The van der Waals surface area contributed by atoms with Gasteiger partial charge >= 0.3 is 0 Å². The van der Waals surface area contributed by atoms with Crippen LogP contribution in [-0.2, 0) is 11.3 Å². The summed E-state index contributed by atoms with van der Waals surface area (Å²) in [5, 5.41) is 11.6. The van der Waals surface area contributed by atoms with E-state index in [1.54, 1.807) is 18.3 Å². The number of hydrogen-bond donors (Lipinski definition) is 2. The van der Waals surface area contributed by atoms with Gasteiger partial charge in [-0.25, -0.2) is 0 Å². The van der Waals surface area contributed by atoms with Gasteiger partial charge in [0.1, 0.15) is 0 Å². The molecule has 0 aliphatic heterocycles. The predicted molar refractivity (Wildman–Crippen MR) is 119 cm³/mol. The molecular formula is C23H25ClN4O2. The number of amides is 2. The van der Waals surface area contributed by atoms with Crippen LogP contribution in [0.1, 0.15) is 55.6 Å². The number of benzene rings is 2. The molecule has 3 aromatic rings.